The quantitative estimate of drug-likeness (QED) is 0.880. The number of amides is 1. The number of nitriles is 1. The molecule has 2 N–H and O–H groups in total. The van der Waals surface area contributed by atoms with Gasteiger partial charge in [-0.2, -0.15) is 5.26 Å². The molecule has 0 aliphatic carbocycles. The van der Waals surface area contributed by atoms with Gasteiger partial charge < -0.3 is 10.4 Å². The van der Waals surface area contributed by atoms with Gasteiger partial charge in [-0.15, -0.1) is 0 Å². The van der Waals surface area contributed by atoms with Gasteiger partial charge in [-0.05, 0) is 60.8 Å². The van der Waals surface area contributed by atoms with E-state index in [1.165, 1.54) is 0 Å². The molecule has 1 aliphatic rings. The smallest absolute Gasteiger partial charge is 0.251 e. The molecule has 0 bridgehead atoms. The SMILES string of the molecule is N#Cc1ccc(C(=O)NC[C@@H]2CCN(Cc3cccc(O)c3)C2)cc1. The first-order chi connectivity index (χ1) is 12.1. The Balaban J connectivity index is 1.46. The highest BCUT2D eigenvalue weighted by molar-refractivity contribution is 5.94. The lowest BCUT2D eigenvalue weighted by Gasteiger charge is -2.16. The number of nitrogens with one attached hydrogen (secondary N) is 1. The van der Waals surface area contributed by atoms with Gasteiger partial charge in [-0.3, -0.25) is 9.69 Å². The largest absolute Gasteiger partial charge is 0.508 e. The minimum absolute atomic E-state index is 0.101. The van der Waals surface area contributed by atoms with E-state index in [4.69, 9.17) is 5.26 Å². The Hall–Kier alpha value is -2.84. The van der Waals surface area contributed by atoms with Crippen molar-refractivity contribution in [1.82, 2.24) is 10.2 Å². The van der Waals surface area contributed by atoms with Crippen molar-refractivity contribution < 1.29 is 9.90 Å². The fraction of sp³-hybridized carbons (Fsp3) is 0.300. The Morgan fingerprint density at radius 3 is 2.80 bits per heavy atom. The van der Waals surface area contributed by atoms with Crippen molar-refractivity contribution in [1.29, 1.82) is 5.26 Å². The molecule has 2 aromatic rings. The van der Waals surface area contributed by atoms with Gasteiger partial charge in [0.2, 0.25) is 0 Å². The molecule has 1 heterocycles. The lowest BCUT2D eigenvalue weighted by atomic mass is 10.1. The van der Waals surface area contributed by atoms with E-state index < -0.39 is 0 Å². The summed E-state index contributed by atoms with van der Waals surface area (Å²) < 4.78 is 0. The van der Waals surface area contributed by atoms with Crippen LogP contribution in [0.3, 0.4) is 0 Å². The lowest BCUT2D eigenvalue weighted by Crippen LogP contribution is -2.30. The third-order valence-corrected chi connectivity index (χ3v) is 4.51. The number of hydrogen-bond acceptors (Lipinski definition) is 4. The van der Waals surface area contributed by atoms with Crippen LogP contribution >= 0.6 is 0 Å². The number of phenolic OH excluding ortho intramolecular Hbond substituents is 1. The van der Waals surface area contributed by atoms with Crippen LogP contribution in [-0.4, -0.2) is 35.5 Å². The molecule has 1 atom stereocenters. The van der Waals surface area contributed by atoms with E-state index >= 15 is 0 Å². The second kappa shape index (κ2) is 7.82. The number of likely N-dealkylation sites (tertiary alicyclic amines) is 1. The maximum Gasteiger partial charge on any atom is 0.251 e. The van der Waals surface area contributed by atoms with Crippen molar-refractivity contribution in [2.45, 2.75) is 13.0 Å². The van der Waals surface area contributed by atoms with Crippen molar-refractivity contribution in [2.24, 2.45) is 5.92 Å². The molecule has 0 radical (unpaired) electrons. The van der Waals surface area contributed by atoms with Crippen LogP contribution in [0.15, 0.2) is 48.5 Å². The Kier molecular flexibility index (Phi) is 5.32. The summed E-state index contributed by atoms with van der Waals surface area (Å²) in [6, 6.07) is 16.0. The van der Waals surface area contributed by atoms with Gasteiger partial charge in [0.15, 0.2) is 0 Å². The number of aromatic hydroxyl groups is 1. The zero-order valence-electron chi connectivity index (χ0n) is 14.0. The van der Waals surface area contributed by atoms with E-state index in [0.717, 1.165) is 31.6 Å². The standard InChI is InChI=1S/C20H21N3O2/c21-11-15-4-6-18(7-5-15)20(25)22-12-17-8-9-23(14-17)13-16-2-1-3-19(24)10-16/h1-7,10,17,24H,8-9,12-14H2,(H,22,25)/t17-/m0/s1. The normalized spacial score (nSPS) is 17.2. The van der Waals surface area contributed by atoms with Gasteiger partial charge in [-0.1, -0.05) is 12.1 Å². The van der Waals surface area contributed by atoms with Crippen molar-refractivity contribution in [3.63, 3.8) is 0 Å². The van der Waals surface area contributed by atoms with Gasteiger partial charge in [-0.25, -0.2) is 0 Å². The van der Waals surface area contributed by atoms with Gasteiger partial charge in [0.25, 0.3) is 5.91 Å². The molecule has 1 aliphatic heterocycles. The molecule has 5 nitrogen and oxygen atoms in total. The van der Waals surface area contributed by atoms with Crippen LogP contribution in [0.5, 0.6) is 5.75 Å². The number of nitrogens with zero attached hydrogens (tertiary/aromatic N) is 2. The highest BCUT2D eigenvalue weighted by Gasteiger charge is 2.23. The first kappa shape index (κ1) is 17.0. The minimum atomic E-state index is -0.101. The first-order valence-electron chi connectivity index (χ1n) is 8.42. The Bertz CT molecular complexity index is 780. The summed E-state index contributed by atoms with van der Waals surface area (Å²) in [4.78, 5) is 14.5. The van der Waals surface area contributed by atoms with Crippen molar-refractivity contribution >= 4 is 5.91 Å². The molecule has 5 heteroatoms. The van der Waals surface area contributed by atoms with Crippen molar-refractivity contribution in [2.75, 3.05) is 19.6 Å². The monoisotopic (exact) mass is 335 g/mol. The number of benzene rings is 2. The van der Waals surface area contributed by atoms with E-state index in [1.54, 1.807) is 36.4 Å². The Morgan fingerprint density at radius 2 is 2.08 bits per heavy atom. The van der Waals surface area contributed by atoms with Crippen LogP contribution in [0.1, 0.15) is 27.9 Å². The summed E-state index contributed by atoms with van der Waals surface area (Å²) in [7, 11) is 0. The Morgan fingerprint density at radius 1 is 1.28 bits per heavy atom. The summed E-state index contributed by atoms with van der Waals surface area (Å²) in [6.07, 6.45) is 1.05. The van der Waals surface area contributed by atoms with Gasteiger partial charge >= 0.3 is 0 Å². The maximum atomic E-state index is 12.2. The van der Waals surface area contributed by atoms with E-state index in [9.17, 15) is 9.90 Å². The summed E-state index contributed by atoms with van der Waals surface area (Å²) in [6.45, 7) is 3.39. The van der Waals surface area contributed by atoms with Crippen LogP contribution in [0.4, 0.5) is 0 Å². The fourth-order valence-electron chi connectivity index (χ4n) is 3.17. The van der Waals surface area contributed by atoms with Gasteiger partial charge in [0.05, 0.1) is 11.6 Å². The lowest BCUT2D eigenvalue weighted by molar-refractivity contribution is 0.0947. The molecule has 0 unspecified atom stereocenters. The van der Waals surface area contributed by atoms with Crippen LogP contribution in [-0.2, 0) is 6.54 Å². The molecule has 2 aromatic carbocycles. The molecule has 1 saturated heterocycles. The second-order valence-electron chi connectivity index (χ2n) is 6.46. The van der Waals surface area contributed by atoms with E-state index in [0.29, 0.717) is 29.3 Å². The summed E-state index contributed by atoms with van der Waals surface area (Å²) in [5.41, 5.74) is 2.23. The molecule has 25 heavy (non-hydrogen) atoms. The minimum Gasteiger partial charge on any atom is -0.508 e. The summed E-state index contributed by atoms with van der Waals surface area (Å²) >= 11 is 0. The molecule has 0 aromatic heterocycles. The van der Waals surface area contributed by atoms with Crippen LogP contribution in [0, 0.1) is 17.2 Å². The fourth-order valence-corrected chi connectivity index (χ4v) is 3.17. The third-order valence-electron chi connectivity index (χ3n) is 4.51. The molecule has 1 fully saturated rings. The predicted molar refractivity (Wildman–Crippen MR) is 95.0 cm³/mol. The topological polar surface area (TPSA) is 76.4 Å². The molecular weight excluding hydrogens is 314 g/mol. The molecule has 128 valence electrons. The van der Waals surface area contributed by atoms with Crippen LogP contribution in [0.2, 0.25) is 0 Å². The van der Waals surface area contributed by atoms with Crippen LogP contribution in [0.25, 0.3) is 0 Å². The molecular formula is C20H21N3O2. The highest BCUT2D eigenvalue weighted by Crippen LogP contribution is 2.20. The van der Waals surface area contributed by atoms with E-state index in [-0.39, 0.29) is 5.91 Å². The van der Waals surface area contributed by atoms with Crippen molar-refractivity contribution in [3.8, 4) is 11.8 Å². The average molecular weight is 335 g/mol. The number of phenols is 1. The number of carbonyl (C=O) groups excluding carboxylic acids is 1. The maximum absolute atomic E-state index is 12.2. The first-order valence-corrected chi connectivity index (χ1v) is 8.42. The molecule has 0 spiro atoms. The molecule has 0 saturated carbocycles. The van der Waals surface area contributed by atoms with Gasteiger partial charge in [0, 0.05) is 25.2 Å². The average Bonchev–Trinajstić information content (AvgIpc) is 3.07. The number of carbonyl (C=O) groups is 1. The number of rotatable bonds is 5. The number of hydrogen-bond donors (Lipinski definition) is 2. The summed E-state index contributed by atoms with van der Waals surface area (Å²) in [5.74, 6) is 0.624. The third kappa shape index (κ3) is 4.59. The van der Waals surface area contributed by atoms with E-state index in [1.807, 2.05) is 18.2 Å². The van der Waals surface area contributed by atoms with Crippen LogP contribution < -0.4 is 5.32 Å². The van der Waals surface area contributed by atoms with Crippen molar-refractivity contribution in [3.05, 3.63) is 65.2 Å². The molecule has 3 rings (SSSR count). The molecule has 1 amide bonds. The second-order valence-corrected chi connectivity index (χ2v) is 6.46. The Labute approximate surface area is 147 Å². The highest BCUT2D eigenvalue weighted by atomic mass is 16.3. The zero-order chi connectivity index (χ0) is 17.6. The predicted octanol–water partition coefficient (Wildman–Crippen LogP) is 2.52. The zero-order valence-corrected chi connectivity index (χ0v) is 14.0. The summed E-state index contributed by atoms with van der Waals surface area (Å²) in [5, 5.41) is 21.3. The van der Waals surface area contributed by atoms with E-state index in [2.05, 4.69) is 10.2 Å². The van der Waals surface area contributed by atoms with Gasteiger partial charge in [0.1, 0.15) is 5.75 Å².